The minimum atomic E-state index is 0.345. The standard InChI is InChI=1S/C12H14O/c13-11-7-6-9-5-4-8-2-1-3-10(11)12(8)9/h1-2,6,8,10,12H,3-5,7H2/t8-,10+,12+/m1/s1. The number of hydrogen-bond donors (Lipinski definition) is 0. The van der Waals surface area contributed by atoms with Gasteiger partial charge in [0.25, 0.3) is 0 Å². The van der Waals surface area contributed by atoms with E-state index >= 15 is 0 Å². The Morgan fingerprint density at radius 1 is 1.38 bits per heavy atom. The average molecular weight is 174 g/mol. The Bertz CT molecular complexity index is 311. The molecule has 0 unspecified atom stereocenters. The van der Waals surface area contributed by atoms with Gasteiger partial charge in [0.15, 0.2) is 0 Å². The molecule has 0 aliphatic heterocycles. The first-order valence-electron chi connectivity index (χ1n) is 5.24. The van der Waals surface area contributed by atoms with Crippen LogP contribution < -0.4 is 0 Å². The fourth-order valence-corrected chi connectivity index (χ4v) is 3.23. The molecular weight excluding hydrogens is 160 g/mol. The molecule has 0 N–H and O–H groups in total. The number of hydrogen-bond acceptors (Lipinski definition) is 1. The second-order valence-electron chi connectivity index (χ2n) is 4.45. The van der Waals surface area contributed by atoms with Gasteiger partial charge in [0.1, 0.15) is 5.78 Å². The van der Waals surface area contributed by atoms with Crippen molar-refractivity contribution in [3.63, 3.8) is 0 Å². The smallest absolute Gasteiger partial charge is 0.140 e. The summed E-state index contributed by atoms with van der Waals surface area (Å²) in [6.45, 7) is 0. The van der Waals surface area contributed by atoms with Crippen molar-refractivity contribution >= 4 is 5.78 Å². The van der Waals surface area contributed by atoms with Gasteiger partial charge in [-0.2, -0.15) is 0 Å². The molecule has 0 aromatic rings. The summed E-state index contributed by atoms with van der Waals surface area (Å²) in [5.41, 5.74) is 1.58. The van der Waals surface area contributed by atoms with Gasteiger partial charge in [-0.25, -0.2) is 0 Å². The lowest BCUT2D eigenvalue weighted by molar-refractivity contribution is -0.124. The summed E-state index contributed by atoms with van der Waals surface area (Å²) in [6.07, 6.45) is 11.0. The molecule has 3 aliphatic carbocycles. The SMILES string of the molecule is O=C1CC=C2CC[C@H]3C=CC[C@@H]1[C@H]23. The third kappa shape index (κ3) is 0.962. The molecule has 1 fully saturated rings. The zero-order valence-electron chi connectivity index (χ0n) is 7.70. The number of carbonyl (C=O) groups is 1. The quantitative estimate of drug-likeness (QED) is 0.516. The van der Waals surface area contributed by atoms with Gasteiger partial charge < -0.3 is 0 Å². The molecular formula is C12H14O. The van der Waals surface area contributed by atoms with Crippen LogP contribution in [0.15, 0.2) is 23.8 Å². The predicted molar refractivity (Wildman–Crippen MR) is 51.2 cm³/mol. The lowest BCUT2D eigenvalue weighted by Crippen LogP contribution is -2.31. The van der Waals surface area contributed by atoms with E-state index in [1.807, 2.05) is 0 Å². The first kappa shape index (κ1) is 7.54. The van der Waals surface area contributed by atoms with Crippen molar-refractivity contribution in [1.29, 1.82) is 0 Å². The van der Waals surface area contributed by atoms with Gasteiger partial charge in [-0.05, 0) is 31.1 Å². The highest BCUT2D eigenvalue weighted by Gasteiger charge is 2.42. The molecule has 0 amide bonds. The molecule has 13 heavy (non-hydrogen) atoms. The van der Waals surface area contributed by atoms with Gasteiger partial charge in [0.2, 0.25) is 0 Å². The van der Waals surface area contributed by atoms with Crippen LogP contribution in [0.1, 0.15) is 25.7 Å². The first-order valence-corrected chi connectivity index (χ1v) is 5.24. The molecule has 1 heteroatoms. The molecule has 0 aromatic carbocycles. The van der Waals surface area contributed by atoms with Crippen molar-refractivity contribution in [3.8, 4) is 0 Å². The number of ketones is 1. The van der Waals surface area contributed by atoms with Crippen molar-refractivity contribution < 1.29 is 4.79 Å². The van der Waals surface area contributed by atoms with Crippen molar-refractivity contribution in [3.05, 3.63) is 23.8 Å². The van der Waals surface area contributed by atoms with E-state index in [0.29, 0.717) is 30.0 Å². The molecule has 68 valence electrons. The monoisotopic (exact) mass is 174 g/mol. The summed E-state index contributed by atoms with van der Waals surface area (Å²) in [5, 5.41) is 0. The summed E-state index contributed by atoms with van der Waals surface area (Å²) in [5.74, 6) is 2.11. The van der Waals surface area contributed by atoms with Gasteiger partial charge in [-0.1, -0.05) is 23.8 Å². The highest BCUT2D eigenvalue weighted by molar-refractivity contribution is 5.85. The van der Waals surface area contributed by atoms with E-state index in [1.54, 1.807) is 5.57 Å². The van der Waals surface area contributed by atoms with Crippen molar-refractivity contribution in [2.45, 2.75) is 25.7 Å². The van der Waals surface area contributed by atoms with E-state index in [4.69, 9.17) is 0 Å². The summed E-state index contributed by atoms with van der Waals surface area (Å²) < 4.78 is 0. The van der Waals surface area contributed by atoms with Crippen LogP contribution in [0.4, 0.5) is 0 Å². The minimum absolute atomic E-state index is 0.345. The van der Waals surface area contributed by atoms with Gasteiger partial charge in [-0.3, -0.25) is 4.79 Å². The molecule has 1 nitrogen and oxygen atoms in total. The zero-order chi connectivity index (χ0) is 8.84. The van der Waals surface area contributed by atoms with E-state index in [2.05, 4.69) is 18.2 Å². The van der Waals surface area contributed by atoms with E-state index in [9.17, 15) is 4.79 Å². The van der Waals surface area contributed by atoms with E-state index < -0.39 is 0 Å². The first-order chi connectivity index (χ1) is 6.36. The van der Waals surface area contributed by atoms with Gasteiger partial charge >= 0.3 is 0 Å². The fraction of sp³-hybridized carbons (Fsp3) is 0.583. The van der Waals surface area contributed by atoms with Crippen LogP contribution in [0, 0.1) is 17.8 Å². The van der Waals surface area contributed by atoms with Gasteiger partial charge in [-0.15, -0.1) is 0 Å². The topological polar surface area (TPSA) is 17.1 Å². The van der Waals surface area contributed by atoms with E-state index in [-0.39, 0.29) is 0 Å². The van der Waals surface area contributed by atoms with Crippen LogP contribution in [-0.2, 0) is 4.79 Å². The third-order valence-corrected chi connectivity index (χ3v) is 3.84. The van der Waals surface area contributed by atoms with Crippen LogP contribution in [0.2, 0.25) is 0 Å². The molecule has 1 saturated carbocycles. The Hall–Kier alpha value is -0.850. The summed E-state index contributed by atoms with van der Waals surface area (Å²) >= 11 is 0. The van der Waals surface area contributed by atoms with Crippen molar-refractivity contribution in [2.75, 3.05) is 0 Å². The fourth-order valence-electron chi connectivity index (χ4n) is 3.23. The molecule has 0 heterocycles. The lowest BCUT2D eigenvalue weighted by Gasteiger charge is -2.32. The maximum atomic E-state index is 11.7. The number of rotatable bonds is 0. The summed E-state index contributed by atoms with van der Waals surface area (Å²) in [4.78, 5) is 11.7. The summed E-state index contributed by atoms with van der Waals surface area (Å²) in [7, 11) is 0. The second kappa shape index (κ2) is 2.57. The average Bonchev–Trinajstić information content (AvgIpc) is 2.57. The Labute approximate surface area is 78.5 Å². The lowest BCUT2D eigenvalue weighted by atomic mass is 9.71. The highest BCUT2D eigenvalue weighted by atomic mass is 16.1. The predicted octanol–water partition coefficient (Wildman–Crippen LogP) is 2.49. The number of allylic oxidation sites excluding steroid dienone is 4. The molecule has 3 aliphatic rings. The molecule has 0 saturated heterocycles. The molecule has 3 rings (SSSR count). The third-order valence-electron chi connectivity index (χ3n) is 3.84. The molecule has 3 atom stereocenters. The summed E-state index contributed by atoms with van der Waals surface area (Å²) in [6, 6.07) is 0. The van der Waals surface area contributed by atoms with Crippen LogP contribution in [0.25, 0.3) is 0 Å². The maximum absolute atomic E-state index is 11.7. The highest BCUT2D eigenvalue weighted by Crippen LogP contribution is 2.48. The molecule has 0 radical (unpaired) electrons. The van der Waals surface area contributed by atoms with Crippen LogP contribution >= 0.6 is 0 Å². The number of carbonyl (C=O) groups excluding carboxylic acids is 1. The Morgan fingerprint density at radius 2 is 2.31 bits per heavy atom. The van der Waals surface area contributed by atoms with Gasteiger partial charge in [0.05, 0.1) is 0 Å². The maximum Gasteiger partial charge on any atom is 0.140 e. The normalized spacial score (nSPS) is 41.7. The van der Waals surface area contributed by atoms with Crippen molar-refractivity contribution in [1.82, 2.24) is 0 Å². The number of Topliss-reactive ketones (excluding diaryl/α,β-unsaturated/α-hetero) is 1. The zero-order valence-corrected chi connectivity index (χ0v) is 7.70. The van der Waals surface area contributed by atoms with E-state index in [0.717, 1.165) is 6.42 Å². The van der Waals surface area contributed by atoms with E-state index in [1.165, 1.54) is 12.8 Å². The molecule has 0 aromatic heterocycles. The Morgan fingerprint density at radius 3 is 3.23 bits per heavy atom. The van der Waals surface area contributed by atoms with Crippen LogP contribution in [0.5, 0.6) is 0 Å². The molecule has 0 spiro atoms. The van der Waals surface area contributed by atoms with Crippen LogP contribution in [0.3, 0.4) is 0 Å². The van der Waals surface area contributed by atoms with Crippen molar-refractivity contribution in [2.24, 2.45) is 17.8 Å². The second-order valence-corrected chi connectivity index (χ2v) is 4.45. The molecule has 0 bridgehead atoms. The minimum Gasteiger partial charge on any atom is -0.299 e. The van der Waals surface area contributed by atoms with Gasteiger partial charge in [0, 0.05) is 12.3 Å². The Balaban J connectivity index is 2.06. The Kier molecular flexibility index (Phi) is 1.49. The van der Waals surface area contributed by atoms with Crippen LogP contribution in [-0.4, -0.2) is 5.78 Å². The largest absolute Gasteiger partial charge is 0.299 e.